The van der Waals surface area contributed by atoms with E-state index in [0.717, 1.165) is 29.5 Å². The molecule has 1 saturated heterocycles. The third-order valence-electron chi connectivity index (χ3n) is 3.62. The predicted molar refractivity (Wildman–Crippen MR) is 82.7 cm³/mol. The zero-order valence-electron chi connectivity index (χ0n) is 11.2. The van der Waals surface area contributed by atoms with Crippen molar-refractivity contribution in [3.05, 3.63) is 34.2 Å². The first-order chi connectivity index (χ1) is 9.66. The molecule has 1 fully saturated rings. The van der Waals surface area contributed by atoms with E-state index in [0.29, 0.717) is 9.90 Å². The number of halogens is 1. The van der Waals surface area contributed by atoms with Crippen LogP contribution in [0.4, 0.5) is 0 Å². The Hall–Kier alpha value is -1.10. The molecule has 0 unspecified atom stereocenters. The summed E-state index contributed by atoms with van der Waals surface area (Å²) in [4.78, 5) is 12.9. The molecule has 1 N–H and O–H groups in total. The minimum atomic E-state index is -0.112. The molecule has 5 heteroatoms. The normalized spacial score (nSPS) is 20.2. The topological polar surface area (TPSA) is 38.3 Å². The molecular weight excluding hydrogens is 294 g/mol. The molecule has 2 atom stereocenters. The third kappa shape index (κ3) is 2.55. The van der Waals surface area contributed by atoms with Gasteiger partial charge in [0.25, 0.3) is 5.91 Å². The number of nitrogens with one attached hydrogen (secondary N) is 1. The SMILES string of the molecule is C[C@@H](NC(=O)c1sc2ccccc2c1Cl)[C@@H]1CCCO1. The number of hydrogen-bond donors (Lipinski definition) is 1. The zero-order valence-corrected chi connectivity index (χ0v) is 12.8. The van der Waals surface area contributed by atoms with Gasteiger partial charge in [-0.25, -0.2) is 0 Å². The molecule has 1 aromatic carbocycles. The van der Waals surface area contributed by atoms with Crippen molar-refractivity contribution in [1.82, 2.24) is 5.32 Å². The number of rotatable bonds is 3. The Labute approximate surface area is 126 Å². The minimum Gasteiger partial charge on any atom is -0.376 e. The van der Waals surface area contributed by atoms with Gasteiger partial charge in [0.15, 0.2) is 0 Å². The lowest BCUT2D eigenvalue weighted by Crippen LogP contribution is -2.40. The number of hydrogen-bond acceptors (Lipinski definition) is 3. The molecule has 1 amide bonds. The van der Waals surface area contributed by atoms with Gasteiger partial charge >= 0.3 is 0 Å². The van der Waals surface area contributed by atoms with Crippen LogP contribution in [-0.4, -0.2) is 24.7 Å². The number of carbonyl (C=O) groups excluding carboxylic acids is 1. The van der Waals surface area contributed by atoms with Crippen LogP contribution < -0.4 is 5.32 Å². The number of amides is 1. The molecule has 0 aliphatic carbocycles. The van der Waals surface area contributed by atoms with E-state index in [4.69, 9.17) is 16.3 Å². The van der Waals surface area contributed by atoms with Crippen LogP contribution in [0, 0.1) is 0 Å². The van der Waals surface area contributed by atoms with Crippen LogP contribution in [-0.2, 0) is 4.74 Å². The first-order valence-electron chi connectivity index (χ1n) is 6.76. The Bertz CT molecular complexity index is 634. The van der Waals surface area contributed by atoms with Gasteiger partial charge in [-0.2, -0.15) is 0 Å². The van der Waals surface area contributed by atoms with Gasteiger partial charge in [-0.15, -0.1) is 11.3 Å². The van der Waals surface area contributed by atoms with Gasteiger partial charge in [0.2, 0.25) is 0 Å². The van der Waals surface area contributed by atoms with Gasteiger partial charge in [-0.05, 0) is 25.8 Å². The Morgan fingerprint density at radius 3 is 3.00 bits per heavy atom. The average Bonchev–Trinajstić information content (AvgIpc) is 3.07. The molecule has 2 aromatic rings. The predicted octanol–water partition coefficient (Wildman–Crippen LogP) is 3.85. The third-order valence-corrected chi connectivity index (χ3v) is 5.30. The molecule has 1 aliphatic heterocycles. The number of ether oxygens (including phenoxy) is 1. The molecule has 106 valence electrons. The van der Waals surface area contributed by atoms with Crippen molar-refractivity contribution in [1.29, 1.82) is 0 Å². The van der Waals surface area contributed by atoms with Gasteiger partial charge < -0.3 is 10.1 Å². The maximum absolute atomic E-state index is 12.4. The standard InChI is InChI=1S/C15H16ClNO2S/c1-9(11-6-4-8-19-11)17-15(18)14-13(16)10-5-2-3-7-12(10)20-14/h2-3,5,7,9,11H,4,6,8H2,1H3,(H,17,18)/t9-,11+/m1/s1. The molecule has 2 heterocycles. The van der Waals surface area contributed by atoms with E-state index in [1.165, 1.54) is 11.3 Å². The zero-order chi connectivity index (χ0) is 14.1. The first-order valence-corrected chi connectivity index (χ1v) is 7.96. The summed E-state index contributed by atoms with van der Waals surface area (Å²) in [7, 11) is 0. The fourth-order valence-electron chi connectivity index (χ4n) is 2.52. The molecule has 0 bridgehead atoms. The van der Waals surface area contributed by atoms with Crippen molar-refractivity contribution >= 4 is 38.9 Å². The van der Waals surface area contributed by atoms with Gasteiger partial charge in [-0.3, -0.25) is 4.79 Å². The highest BCUT2D eigenvalue weighted by atomic mass is 35.5. The summed E-state index contributed by atoms with van der Waals surface area (Å²) in [5, 5.41) is 4.49. The van der Waals surface area contributed by atoms with E-state index in [1.54, 1.807) is 0 Å². The van der Waals surface area contributed by atoms with Crippen molar-refractivity contribution < 1.29 is 9.53 Å². The first kappa shape index (κ1) is 13.9. The van der Waals surface area contributed by atoms with Crippen molar-refractivity contribution in [3.63, 3.8) is 0 Å². The van der Waals surface area contributed by atoms with E-state index in [1.807, 2.05) is 31.2 Å². The van der Waals surface area contributed by atoms with Crippen LogP contribution in [0.15, 0.2) is 24.3 Å². The summed E-state index contributed by atoms with van der Waals surface area (Å²) in [5.41, 5.74) is 0. The van der Waals surface area contributed by atoms with Gasteiger partial charge in [0.1, 0.15) is 4.88 Å². The highest BCUT2D eigenvalue weighted by molar-refractivity contribution is 7.21. The van der Waals surface area contributed by atoms with Crippen LogP contribution in [0.2, 0.25) is 5.02 Å². The van der Waals surface area contributed by atoms with Crippen molar-refractivity contribution in [2.75, 3.05) is 6.61 Å². The van der Waals surface area contributed by atoms with Crippen LogP contribution >= 0.6 is 22.9 Å². The van der Waals surface area contributed by atoms with Gasteiger partial charge in [-0.1, -0.05) is 29.8 Å². The largest absolute Gasteiger partial charge is 0.376 e. The lowest BCUT2D eigenvalue weighted by molar-refractivity contribution is 0.0715. The van der Waals surface area contributed by atoms with E-state index in [9.17, 15) is 4.79 Å². The number of carbonyl (C=O) groups is 1. The highest BCUT2D eigenvalue weighted by Crippen LogP contribution is 2.35. The summed E-state index contributed by atoms with van der Waals surface area (Å²) >= 11 is 7.75. The van der Waals surface area contributed by atoms with Gasteiger partial charge in [0, 0.05) is 16.7 Å². The summed E-state index contributed by atoms with van der Waals surface area (Å²) in [6, 6.07) is 7.80. The summed E-state index contributed by atoms with van der Waals surface area (Å²) < 4.78 is 6.63. The van der Waals surface area contributed by atoms with Crippen molar-refractivity contribution in [2.45, 2.75) is 31.9 Å². The Morgan fingerprint density at radius 1 is 1.50 bits per heavy atom. The molecule has 3 rings (SSSR count). The molecule has 0 spiro atoms. The Morgan fingerprint density at radius 2 is 2.30 bits per heavy atom. The molecule has 1 aromatic heterocycles. The maximum atomic E-state index is 12.4. The van der Waals surface area contributed by atoms with Crippen molar-refractivity contribution in [3.8, 4) is 0 Å². The highest BCUT2D eigenvalue weighted by Gasteiger charge is 2.25. The molecule has 0 radical (unpaired) electrons. The maximum Gasteiger partial charge on any atom is 0.263 e. The second-order valence-corrected chi connectivity index (χ2v) is 6.49. The summed E-state index contributed by atoms with van der Waals surface area (Å²) in [5.74, 6) is -0.112. The molecule has 1 aliphatic rings. The fourth-order valence-corrected chi connectivity index (χ4v) is 3.94. The summed E-state index contributed by atoms with van der Waals surface area (Å²) in [6.45, 7) is 2.77. The van der Waals surface area contributed by atoms with Crippen LogP contribution in [0.1, 0.15) is 29.4 Å². The monoisotopic (exact) mass is 309 g/mol. The Balaban J connectivity index is 1.80. The average molecular weight is 310 g/mol. The lowest BCUT2D eigenvalue weighted by Gasteiger charge is -2.19. The number of benzene rings is 1. The lowest BCUT2D eigenvalue weighted by atomic mass is 10.1. The second kappa shape index (κ2) is 5.72. The minimum absolute atomic E-state index is 0.00581. The van der Waals surface area contributed by atoms with Crippen molar-refractivity contribution in [2.24, 2.45) is 0 Å². The molecule has 20 heavy (non-hydrogen) atoms. The van der Waals surface area contributed by atoms with E-state index >= 15 is 0 Å². The quantitative estimate of drug-likeness (QED) is 0.935. The smallest absolute Gasteiger partial charge is 0.263 e. The Kier molecular flexibility index (Phi) is 3.96. The number of fused-ring (bicyclic) bond motifs is 1. The van der Waals surface area contributed by atoms with Crippen LogP contribution in [0.3, 0.4) is 0 Å². The molecular formula is C15H16ClNO2S. The molecule has 0 saturated carbocycles. The number of thiophene rings is 1. The summed E-state index contributed by atoms with van der Waals surface area (Å²) in [6.07, 6.45) is 2.18. The van der Waals surface area contributed by atoms with E-state index in [-0.39, 0.29) is 18.1 Å². The van der Waals surface area contributed by atoms with E-state index < -0.39 is 0 Å². The fraction of sp³-hybridized carbons (Fsp3) is 0.400. The molecule has 3 nitrogen and oxygen atoms in total. The second-order valence-electron chi connectivity index (χ2n) is 5.05. The van der Waals surface area contributed by atoms with Gasteiger partial charge in [0.05, 0.1) is 17.2 Å². The van der Waals surface area contributed by atoms with Crippen LogP contribution in [0.25, 0.3) is 10.1 Å². The van der Waals surface area contributed by atoms with E-state index in [2.05, 4.69) is 5.32 Å². The van der Waals surface area contributed by atoms with Crippen LogP contribution in [0.5, 0.6) is 0 Å².